The van der Waals surface area contributed by atoms with E-state index < -0.39 is 0 Å². The van der Waals surface area contributed by atoms with E-state index >= 15 is 0 Å². The molecule has 3 heteroatoms. The summed E-state index contributed by atoms with van der Waals surface area (Å²) in [6.07, 6.45) is 2.02. The third-order valence-electron chi connectivity index (χ3n) is 3.31. The van der Waals surface area contributed by atoms with Crippen molar-refractivity contribution < 1.29 is 4.79 Å². The van der Waals surface area contributed by atoms with Gasteiger partial charge in [-0.1, -0.05) is 32.0 Å². The summed E-state index contributed by atoms with van der Waals surface area (Å²) in [6, 6.07) is 8.25. The number of aryl methyl sites for hydroxylation is 1. The molecule has 0 unspecified atom stereocenters. The lowest BCUT2D eigenvalue weighted by molar-refractivity contribution is 0.0760. The van der Waals surface area contributed by atoms with Crippen molar-refractivity contribution >= 4 is 27.3 Å². The highest BCUT2D eigenvalue weighted by atomic mass is 32.1. The van der Waals surface area contributed by atoms with Crippen LogP contribution < -0.4 is 0 Å². The third kappa shape index (κ3) is 2.81. The fraction of sp³-hybridized carbons (Fsp3) is 0.438. The normalized spacial score (nSPS) is 10.9. The molecule has 0 aliphatic heterocycles. The number of fused-ring (bicyclic) bond motifs is 1. The number of hydrogen-bond donors (Lipinski definition) is 0. The minimum Gasteiger partial charge on any atom is -0.338 e. The Hall–Kier alpha value is -1.35. The van der Waals surface area contributed by atoms with Crippen LogP contribution in [0.3, 0.4) is 0 Å². The zero-order valence-corrected chi connectivity index (χ0v) is 12.7. The second kappa shape index (κ2) is 6.20. The predicted molar refractivity (Wildman–Crippen MR) is 83.0 cm³/mol. The highest BCUT2D eigenvalue weighted by Gasteiger charge is 2.20. The standard InChI is InChI=1S/C16H21NOS/c1-4-10-17(11-5-2)16(18)15-12(3)13-8-6-7-9-14(13)19-15/h6-9H,4-5,10-11H2,1-3H3. The van der Waals surface area contributed by atoms with Gasteiger partial charge >= 0.3 is 0 Å². The average molecular weight is 275 g/mol. The molecule has 0 saturated carbocycles. The highest BCUT2D eigenvalue weighted by Crippen LogP contribution is 2.31. The summed E-state index contributed by atoms with van der Waals surface area (Å²) in [5.41, 5.74) is 1.13. The van der Waals surface area contributed by atoms with Crippen LogP contribution in [0.25, 0.3) is 10.1 Å². The first-order valence-electron chi connectivity index (χ1n) is 6.96. The summed E-state index contributed by atoms with van der Waals surface area (Å²) in [5.74, 6) is 0.197. The van der Waals surface area contributed by atoms with Gasteiger partial charge in [-0.15, -0.1) is 11.3 Å². The summed E-state index contributed by atoms with van der Waals surface area (Å²) in [6.45, 7) is 7.99. The molecule has 0 spiro atoms. The smallest absolute Gasteiger partial charge is 0.264 e. The molecule has 0 atom stereocenters. The molecular weight excluding hydrogens is 254 g/mol. The van der Waals surface area contributed by atoms with E-state index in [2.05, 4.69) is 32.9 Å². The third-order valence-corrected chi connectivity index (χ3v) is 4.57. The maximum Gasteiger partial charge on any atom is 0.264 e. The summed E-state index contributed by atoms with van der Waals surface area (Å²) in [7, 11) is 0. The minimum absolute atomic E-state index is 0.197. The lowest BCUT2D eigenvalue weighted by atomic mass is 10.1. The lowest BCUT2D eigenvalue weighted by Gasteiger charge is -2.21. The molecule has 0 bridgehead atoms. The second-order valence-electron chi connectivity index (χ2n) is 4.84. The summed E-state index contributed by atoms with van der Waals surface area (Å²) < 4.78 is 1.20. The SMILES string of the molecule is CCCN(CCC)C(=O)c1sc2ccccc2c1C. The molecule has 0 aliphatic carbocycles. The van der Waals surface area contributed by atoms with Crippen molar-refractivity contribution in [2.45, 2.75) is 33.6 Å². The van der Waals surface area contributed by atoms with E-state index in [4.69, 9.17) is 0 Å². The van der Waals surface area contributed by atoms with Crippen LogP contribution in [-0.4, -0.2) is 23.9 Å². The van der Waals surface area contributed by atoms with Crippen LogP contribution >= 0.6 is 11.3 Å². The average Bonchev–Trinajstić information content (AvgIpc) is 2.76. The van der Waals surface area contributed by atoms with Gasteiger partial charge in [0.2, 0.25) is 0 Å². The van der Waals surface area contributed by atoms with Crippen molar-refractivity contribution in [3.63, 3.8) is 0 Å². The molecule has 0 saturated heterocycles. The van der Waals surface area contributed by atoms with Gasteiger partial charge in [-0.2, -0.15) is 0 Å². The van der Waals surface area contributed by atoms with Gasteiger partial charge in [-0.25, -0.2) is 0 Å². The van der Waals surface area contributed by atoms with Crippen molar-refractivity contribution in [3.05, 3.63) is 34.7 Å². The topological polar surface area (TPSA) is 20.3 Å². The van der Waals surface area contributed by atoms with Gasteiger partial charge in [0.05, 0.1) is 4.88 Å². The Morgan fingerprint density at radius 2 is 1.79 bits per heavy atom. The molecule has 1 amide bonds. The van der Waals surface area contributed by atoms with E-state index in [-0.39, 0.29) is 5.91 Å². The Morgan fingerprint density at radius 1 is 1.16 bits per heavy atom. The highest BCUT2D eigenvalue weighted by molar-refractivity contribution is 7.21. The van der Waals surface area contributed by atoms with Crippen LogP contribution in [0.1, 0.15) is 41.9 Å². The summed E-state index contributed by atoms with van der Waals surface area (Å²) in [5, 5.41) is 1.21. The zero-order chi connectivity index (χ0) is 13.8. The molecule has 1 aromatic carbocycles. The Labute approximate surface area is 119 Å². The molecule has 102 valence electrons. The molecule has 0 fully saturated rings. The maximum atomic E-state index is 12.7. The van der Waals surface area contributed by atoms with Crippen LogP contribution in [0.4, 0.5) is 0 Å². The number of benzene rings is 1. The fourth-order valence-corrected chi connectivity index (χ4v) is 3.55. The van der Waals surface area contributed by atoms with Gasteiger partial charge in [0.1, 0.15) is 0 Å². The van der Waals surface area contributed by atoms with E-state index in [1.807, 2.05) is 17.0 Å². The molecule has 19 heavy (non-hydrogen) atoms. The first-order chi connectivity index (χ1) is 9.19. The van der Waals surface area contributed by atoms with E-state index in [1.165, 1.54) is 10.1 Å². The Kier molecular flexibility index (Phi) is 4.59. The van der Waals surface area contributed by atoms with Gasteiger partial charge in [-0.3, -0.25) is 4.79 Å². The quantitative estimate of drug-likeness (QED) is 0.788. The first-order valence-corrected chi connectivity index (χ1v) is 7.78. The number of thiophene rings is 1. The number of carbonyl (C=O) groups excluding carboxylic acids is 1. The first kappa shape index (κ1) is 14.1. The van der Waals surface area contributed by atoms with Crippen molar-refractivity contribution in [1.29, 1.82) is 0 Å². The number of amides is 1. The van der Waals surface area contributed by atoms with Crippen LogP contribution in [0.15, 0.2) is 24.3 Å². The molecule has 2 rings (SSSR count). The Balaban J connectivity index is 2.37. The molecular formula is C16H21NOS. The number of carbonyl (C=O) groups is 1. The predicted octanol–water partition coefficient (Wildman–Crippen LogP) is 4.47. The lowest BCUT2D eigenvalue weighted by Crippen LogP contribution is -2.32. The molecule has 1 aromatic heterocycles. The molecule has 0 radical (unpaired) electrons. The van der Waals surface area contributed by atoms with E-state index in [0.29, 0.717) is 0 Å². The van der Waals surface area contributed by atoms with Crippen molar-refractivity contribution in [1.82, 2.24) is 4.90 Å². The van der Waals surface area contributed by atoms with E-state index in [1.54, 1.807) is 11.3 Å². The largest absolute Gasteiger partial charge is 0.338 e. The number of rotatable bonds is 5. The fourth-order valence-electron chi connectivity index (χ4n) is 2.38. The van der Waals surface area contributed by atoms with Crippen molar-refractivity contribution in [3.8, 4) is 0 Å². The second-order valence-corrected chi connectivity index (χ2v) is 5.90. The van der Waals surface area contributed by atoms with Gasteiger partial charge in [0.15, 0.2) is 0 Å². The summed E-state index contributed by atoms with van der Waals surface area (Å²) >= 11 is 1.62. The van der Waals surface area contributed by atoms with E-state index in [0.717, 1.165) is 36.4 Å². The minimum atomic E-state index is 0.197. The van der Waals surface area contributed by atoms with Crippen LogP contribution in [-0.2, 0) is 0 Å². The van der Waals surface area contributed by atoms with E-state index in [9.17, 15) is 4.79 Å². The molecule has 0 aliphatic rings. The Bertz CT molecular complexity index is 567. The number of nitrogens with zero attached hydrogens (tertiary/aromatic N) is 1. The van der Waals surface area contributed by atoms with Gasteiger partial charge < -0.3 is 4.90 Å². The molecule has 2 aromatic rings. The molecule has 2 nitrogen and oxygen atoms in total. The van der Waals surface area contributed by atoms with Gasteiger partial charge in [-0.05, 0) is 36.8 Å². The van der Waals surface area contributed by atoms with Gasteiger partial charge in [0.25, 0.3) is 5.91 Å². The molecule has 0 N–H and O–H groups in total. The maximum absolute atomic E-state index is 12.7. The Morgan fingerprint density at radius 3 is 2.37 bits per heavy atom. The molecule has 1 heterocycles. The van der Waals surface area contributed by atoms with Crippen molar-refractivity contribution in [2.24, 2.45) is 0 Å². The summed E-state index contributed by atoms with van der Waals surface area (Å²) in [4.78, 5) is 15.5. The monoisotopic (exact) mass is 275 g/mol. The number of hydrogen-bond acceptors (Lipinski definition) is 2. The van der Waals surface area contributed by atoms with Crippen LogP contribution in [0.5, 0.6) is 0 Å². The van der Waals surface area contributed by atoms with Gasteiger partial charge in [0, 0.05) is 17.8 Å². The van der Waals surface area contributed by atoms with Crippen molar-refractivity contribution in [2.75, 3.05) is 13.1 Å². The zero-order valence-electron chi connectivity index (χ0n) is 11.9. The van der Waals surface area contributed by atoms with Crippen LogP contribution in [0.2, 0.25) is 0 Å². The van der Waals surface area contributed by atoms with Crippen LogP contribution in [0, 0.1) is 6.92 Å².